The summed E-state index contributed by atoms with van der Waals surface area (Å²) in [5.41, 5.74) is 0. The molecule has 36 heavy (non-hydrogen) atoms. The van der Waals surface area contributed by atoms with E-state index >= 15 is 0 Å². The smallest absolute Gasteiger partial charge is 0.219 e. The first-order valence-corrected chi connectivity index (χ1v) is 17.1. The third kappa shape index (κ3) is 31.5. The van der Waals surface area contributed by atoms with E-state index < -0.39 is 0 Å². The van der Waals surface area contributed by atoms with Crippen LogP contribution in [-0.4, -0.2) is 12.5 Å². The Morgan fingerprint density at radius 3 is 0.917 bits per heavy atom. The number of unbranched alkanes of at least 4 members (excludes halogenated alkanes) is 27. The summed E-state index contributed by atoms with van der Waals surface area (Å²) in [7, 11) is 0. The minimum atomic E-state index is 0.277. The molecule has 1 N–H and O–H groups in total. The van der Waals surface area contributed by atoms with Gasteiger partial charge < -0.3 is 5.32 Å². The fourth-order valence-electron chi connectivity index (χ4n) is 5.29. The van der Waals surface area contributed by atoms with Crippen LogP contribution in [0, 0.1) is 0 Å². The van der Waals surface area contributed by atoms with E-state index in [0.29, 0.717) is 0 Å². The van der Waals surface area contributed by atoms with Gasteiger partial charge >= 0.3 is 0 Å². The van der Waals surface area contributed by atoms with Crippen molar-refractivity contribution in [1.82, 2.24) is 5.32 Å². The van der Waals surface area contributed by atoms with Gasteiger partial charge in [0, 0.05) is 13.0 Å². The number of hydrogen-bond acceptors (Lipinski definition) is 1. The average molecular weight is 508 g/mol. The molecule has 216 valence electrons. The molecule has 0 unspecified atom stereocenters. The van der Waals surface area contributed by atoms with Crippen molar-refractivity contribution >= 4 is 5.91 Å². The summed E-state index contributed by atoms with van der Waals surface area (Å²) in [5, 5.41) is 3.14. The standard InChI is InChI=1S/C34H69NO/c1-3-5-7-9-11-13-15-17-19-20-22-24-26-28-30-32-34(36)35-33-31-29-27-25-23-21-18-16-14-12-10-8-6-4-2/h3-33H2,1-2H3,(H,35,36). The average Bonchev–Trinajstić information content (AvgIpc) is 2.88. The maximum atomic E-state index is 12.0. The molecule has 0 aromatic rings. The van der Waals surface area contributed by atoms with E-state index in [0.717, 1.165) is 25.8 Å². The van der Waals surface area contributed by atoms with Crippen molar-refractivity contribution in [3.63, 3.8) is 0 Å². The zero-order chi connectivity index (χ0) is 26.2. The molecule has 0 spiro atoms. The first kappa shape index (κ1) is 35.5. The van der Waals surface area contributed by atoms with Crippen LogP contribution in [0.3, 0.4) is 0 Å². The number of hydrogen-bond donors (Lipinski definition) is 1. The Kier molecular flexibility index (Phi) is 32.0. The number of rotatable bonds is 31. The van der Waals surface area contributed by atoms with Gasteiger partial charge in [-0.2, -0.15) is 0 Å². The van der Waals surface area contributed by atoms with Crippen LogP contribution in [0.4, 0.5) is 0 Å². The molecular formula is C34H69NO. The highest BCUT2D eigenvalue weighted by Gasteiger charge is 2.01. The lowest BCUT2D eigenvalue weighted by atomic mass is 10.0. The quantitative estimate of drug-likeness (QED) is 0.0928. The van der Waals surface area contributed by atoms with Crippen LogP contribution < -0.4 is 5.32 Å². The predicted octanol–water partition coefficient (Wildman–Crippen LogP) is 11.8. The third-order valence-electron chi connectivity index (χ3n) is 7.86. The van der Waals surface area contributed by atoms with Gasteiger partial charge in [0.15, 0.2) is 0 Å². The Hall–Kier alpha value is -0.530. The highest BCUT2D eigenvalue weighted by molar-refractivity contribution is 5.75. The lowest BCUT2D eigenvalue weighted by Gasteiger charge is -2.06. The molecule has 0 atom stereocenters. The fraction of sp³-hybridized carbons (Fsp3) is 0.971. The van der Waals surface area contributed by atoms with E-state index in [1.165, 1.54) is 173 Å². The normalized spacial score (nSPS) is 11.3. The van der Waals surface area contributed by atoms with Crippen molar-refractivity contribution < 1.29 is 4.79 Å². The molecule has 0 fully saturated rings. The van der Waals surface area contributed by atoms with Gasteiger partial charge in [-0.15, -0.1) is 0 Å². The summed E-state index contributed by atoms with van der Waals surface area (Å²) >= 11 is 0. The number of carbonyl (C=O) groups excluding carboxylic acids is 1. The number of nitrogens with one attached hydrogen (secondary N) is 1. The van der Waals surface area contributed by atoms with Crippen molar-refractivity contribution in [3.8, 4) is 0 Å². The zero-order valence-electron chi connectivity index (χ0n) is 25.3. The third-order valence-corrected chi connectivity index (χ3v) is 7.86. The second-order valence-electron chi connectivity index (χ2n) is 11.6. The van der Waals surface area contributed by atoms with Gasteiger partial charge in [-0.3, -0.25) is 4.79 Å². The van der Waals surface area contributed by atoms with Crippen molar-refractivity contribution in [2.75, 3.05) is 6.54 Å². The largest absolute Gasteiger partial charge is 0.356 e. The molecule has 0 saturated heterocycles. The van der Waals surface area contributed by atoms with Gasteiger partial charge in [0.05, 0.1) is 0 Å². The van der Waals surface area contributed by atoms with Gasteiger partial charge in [-0.25, -0.2) is 0 Å². The summed E-state index contributed by atoms with van der Waals surface area (Å²) in [4.78, 5) is 12.0. The second-order valence-corrected chi connectivity index (χ2v) is 11.6. The lowest BCUT2D eigenvalue weighted by Crippen LogP contribution is -2.23. The minimum Gasteiger partial charge on any atom is -0.356 e. The van der Waals surface area contributed by atoms with E-state index in [2.05, 4.69) is 19.2 Å². The van der Waals surface area contributed by atoms with Gasteiger partial charge in [0.2, 0.25) is 5.91 Å². The lowest BCUT2D eigenvalue weighted by molar-refractivity contribution is -0.121. The van der Waals surface area contributed by atoms with Crippen molar-refractivity contribution in [1.29, 1.82) is 0 Å². The molecule has 0 saturated carbocycles. The van der Waals surface area contributed by atoms with E-state index in [1.807, 2.05) is 0 Å². The molecule has 0 heterocycles. The van der Waals surface area contributed by atoms with Crippen molar-refractivity contribution in [2.45, 2.75) is 206 Å². The molecule has 2 heteroatoms. The Labute approximate surface area is 228 Å². The molecule has 0 aliphatic carbocycles. The van der Waals surface area contributed by atoms with Crippen molar-refractivity contribution in [3.05, 3.63) is 0 Å². The SMILES string of the molecule is CCCCCCCCCCCCCCCCCC(=O)NCCCCCCCCCCCCCCCC. The molecule has 0 aliphatic rings. The summed E-state index contributed by atoms with van der Waals surface area (Å²) < 4.78 is 0. The Bertz CT molecular complexity index is 372. The van der Waals surface area contributed by atoms with Crippen LogP contribution in [0.2, 0.25) is 0 Å². The minimum absolute atomic E-state index is 0.277. The maximum absolute atomic E-state index is 12.0. The second kappa shape index (κ2) is 32.5. The molecule has 0 rings (SSSR count). The fourth-order valence-corrected chi connectivity index (χ4v) is 5.29. The molecule has 0 aromatic carbocycles. The Morgan fingerprint density at radius 1 is 0.361 bits per heavy atom. The summed E-state index contributed by atoms with van der Waals surface area (Å²) in [5.74, 6) is 0.277. The van der Waals surface area contributed by atoms with Crippen LogP contribution in [0.15, 0.2) is 0 Å². The summed E-state index contributed by atoms with van der Waals surface area (Å²) in [6.45, 7) is 5.47. The van der Waals surface area contributed by atoms with E-state index in [9.17, 15) is 4.79 Å². The molecule has 2 nitrogen and oxygen atoms in total. The van der Waals surface area contributed by atoms with Gasteiger partial charge in [0.1, 0.15) is 0 Å². The number of amides is 1. The van der Waals surface area contributed by atoms with Crippen LogP contribution in [0.25, 0.3) is 0 Å². The predicted molar refractivity (Wildman–Crippen MR) is 163 cm³/mol. The molecule has 1 amide bonds. The van der Waals surface area contributed by atoms with Gasteiger partial charge in [-0.05, 0) is 12.8 Å². The van der Waals surface area contributed by atoms with Gasteiger partial charge in [-0.1, -0.05) is 187 Å². The highest BCUT2D eigenvalue weighted by Crippen LogP contribution is 2.14. The Balaban J connectivity index is 3.14. The molecule has 0 aromatic heterocycles. The van der Waals surface area contributed by atoms with E-state index in [4.69, 9.17) is 0 Å². The van der Waals surface area contributed by atoms with Crippen LogP contribution in [0.1, 0.15) is 206 Å². The number of carbonyl (C=O) groups is 1. The monoisotopic (exact) mass is 508 g/mol. The maximum Gasteiger partial charge on any atom is 0.219 e. The van der Waals surface area contributed by atoms with E-state index in [1.54, 1.807) is 0 Å². The highest BCUT2D eigenvalue weighted by atomic mass is 16.1. The first-order chi connectivity index (χ1) is 17.8. The van der Waals surface area contributed by atoms with Crippen LogP contribution in [0.5, 0.6) is 0 Å². The molecular weight excluding hydrogens is 438 g/mol. The molecule has 0 bridgehead atoms. The summed E-state index contributed by atoms with van der Waals surface area (Å²) in [6, 6.07) is 0. The topological polar surface area (TPSA) is 29.1 Å². The molecule has 0 radical (unpaired) electrons. The van der Waals surface area contributed by atoms with Crippen LogP contribution in [-0.2, 0) is 4.79 Å². The van der Waals surface area contributed by atoms with Crippen LogP contribution >= 0.6 is 0 Å². The van der Waals surface area contributed by atoms with E-state index in [-0.39, 0.29) is 5.91 Å². The van der Waals surface area contributed by atoms with Gasteiger partial charge in [0.25, 0.3) is 0 Å². The first-order valence-electron chi connectivity index (χ1n) is 17.1. The zero-order valence-corrected chi connectivity index (χ0v) is 25.3. The summed E-state index contributed by atoms with van der Waals surface area (Å²) in [6.07, 6.45) is 40.8. The van der Waals surface area contributed by atoms with Crippen molar-refractivity contribution in [2.24, 2.45) is 0 Å². The molecule has 0 aliphatic heterocycles. The Morgan fingerprint density at radius 2 is 0.611 bits per heavy atom.